The molecular weight excluding hydrogens is 246 g/mol. The molecule has 1 fully saturated rings. The SMILES string of the molecule is CCc1nc(CCNC(=O)C2CCCN2)sc1C. The van der Waals surface area contributed by atoms with Crippen molar-refractivity contribution in [2.24, 2.45) is 0 Å². The number of carbonyl (C=O) groups is 1. The van der Waals surface area contributed by atoms with Crippen molar-refractivity contribution in [2.75, 3.05) is 13.1 Å². The van der Waals surface area contributed by atoms with E-state index in [0.29, 0.717) is 6.54 Å². The van der Waals surface area contributed by atoms with Gasteiger partial charge in [-0.3, -0.25) is 4.79 Å². The van der Waals surface area contributed by atoms with Crippen LogP contribution in [0.15, 0.2) is 0 Å². The minimum absolute atomic E-state index is 0.0224. The van der Waals surface area contributed by atoms with Gasteiger partial charge in [-0.15, -0.1) is 11.3 Å². The molecule has 1 unspecified atom stereocenters. The summed E-state index contributed by atoms with van der Waals surface area (Å²) in [5.74, 6) is 0.136. The van der Waals surface area contributed by atoms with E-state index in [-0.39, 0.29) is 11.9 Å². The van der Waals surface area contributed by atoms with E-state index in [1.165, 1.54) is 10.6 Å². The second-order valence-corrected chi connectivity index (χ2v) is 5.94. The summed E-state index contributed by atoms with van der Waals surface area (Å²) < 4.78 is 0. The molecule has 0 spiro atoms. The van der Waals surface area contributed by atoms with E-state index in [1.54, 1.807) is 11.3 Å². The van der Waals surface area contributed by atoms with Crippen molar-refractivity contribution < 1.29 is 4.79 Å². The van der Waals surface area contributed by atoms with Crippen molar-refractivity contribution in [1.82, 2.24) is 15.6 Å². The van der Waals surface area contributed by atoms with Crippen molar-refractivity contribution in [1.29, 1.82) is 0 Å². The van der Waals surface area contributed by atoms with E-state index in [2.05, 4.69) is 29.5 Å². The lowest BCUT2D eigenvalue weighted by Crippen LogP contribution is -2.41. The van der Waals surface area contributed by atoms with Gasteiger partial charge in [-0.05, 0) is 32.7 Å². The summed E-state index contributed by atoms with van der Waals surface area (Å²) in [4.78, 5) is 17.6. The molecular formula is C13H21N3OS. The first kappa shape index (κ1) is 13.5. The van der Waals surface area contributed by atoms with Gasteiger partial charge in [0.25, 0.3) is 0 Å². The zero-order valence-corrected chi connectivity index (χ0v) is 11.9. The van der Waals surface area contributed by atoms with E-state index < -0.39 is 0 Å². The summed E-state index contributed by atoms with van der Waals surface area (Å²) in [7, 11) is 0. The number of amides is 1. The van der Waals surface area contributed by atoms with Gasteiger partial charge >= 0.3 is 0 Å². The highest BCUT2D eigenvalue weighted by atomic mass is 32.1. The Morgan fingerprint density at radius 1 is 1.61 bits per heavy atom. The monoisotopic (exact) mass is 267 g/mol. The normalized spacial score (nSPS) is 19.1. The fourth-order valence-electron chi connectivity index (χ4n) is 2.25. The average molecular weight is 267 g/mol. The van der Waals surface area contributed by atoms with Crippen LogP contribution in [0.3, 0.4) is 0 Å². The third-order valence-corrected chi connectivity index (χ3v) is 4.36. The molecule has 100 valence electrons. The zero-order valence-electron chi connectivity index (χ0n) is 11.1. The van der Waals surface area contributed by atoms with Crippen molar-refractivity contribution >= 4 is 17.2 Å². The van der Waals surface area contributed by atoms with Gasteiger partial charge in [0.15, 0.2) is 0 Å². The maximum Gasteiger partial charge on any atom is 0.237 e. The summed E-state index contributed by atoms with van der Waals surface area (Å²) >= 11 is 1.74. The molecule has 1 amide bonds. The number of hydrogen-bond donors (Lipinski definition) is 2. The second-order valence-electron chi connectivity index (χ2n) is 4.65. The maximum atomic E-state index is 11.8. The number of aryl methyl sites for hydroxylation is 2. The first-order valence-electron chi connectivity index (χ1n) is 6.67. The predicted molar refractivity (Wildman–Crippen MR) is 74.0 cm³/mol. The van der Waals surface area contributed by atoms with Gasteiger partial charge in [0, 0.05) is 17.8 Å². The maximum absolute atomic E-state index is 11.8. The standard InChI is InChI=1S/C13H21N3OS/c1-3-10-9(2)18-12(16-10)6-8-15-13(17)11-5-4-7-14-11/h11,14H,3-8H2,1-2H3,(H,15,17). The van der Waals surface area contributed by atoms with Crippen LogP contribution in [0.4, 0.5) is 0 Å². The zero-order chi connectivity index (χ0) is 13.0. The van der Waals surface area contributed by atoms with E-state index >= 15 is 0 Å². The molecule has 0 saturated carbocycles. The number of thiazole rings is 1. The molecule has 1 aliphatic heterocycles. The third kappa shape index (κ3) is 3.29. The first-order chi connectivity index (χ1) is 8.70. The third-order valence-electron chi connectivity index (χ3n) is 3.29. The van der Waals surface area contributed by atoms with Crippen molar-refractivity contribution in [3.8, 4) is 0 Å². The Labute approximate surface area is 112 Å². The summed E-state index contributed by atoms with van der Waals surface area (Å²) in [6.45, 7) is 5.89. The molecule has 2 heterocycles. The van der Waals surface area contributed by atoms with Gasteiger partial charge in [-0.25, -0.2) is 4.98 Å². The molecule has 1 aromatic heterocycles. The Balaban J connectivity index is 1.75. The molecule has 5 heteroatoms. The van der Waals surface area contributed by atoms with Gasteiger partial charge in [-0.1, -0.05) is 6.92 Å². The Kier molecular flexibility index (Phi) is 4.72. The summed E-state index contributed by atoms with van der Waals surface area (Å²) in [5.41, 5.74) is 1.19. The molecule has 0 aromatic carbocycles. The lowest BCUT2D eigenvalue weighted by atomic mass is 10.2. The van der Waals surface area contributed by atoms with Gasteiger partial charge < -0.3 is 10.6 Å². The highest BCUT2D eigenvalue weighted by Gasteiger charge is 2.21. The van der Waals surface area contributed by atoms with Crippen LogP contribution in [0.1, 0.15) is 35.3 Å². The van der Waals surface area contributed by atoms with Crippen LogP contribution in [0.25, 0.3) is 0 Å². The van der Waals surface area contributed by atoms with E-state index in [4.69, 9.17) is 0 Å². The molecule has 1 aliphatic rings. The van der Waals surface area contributed by atoms with Crippen LogP contribution in [0.2, 0.25) is 0 Å². The molecule has 18 heavy (non-hydrogen) atoms. The van der Waals surface area contributed by atoms with Gasteiger partial charge in [0.05, 0.1) is 16.7 Å². The smallest absolute Gasteiger partial charge is 0.237 e. The fraction of sp³-hybridized carbons (Fsp3) is 0.692. The Morgan fingerprint density at radius 2 is 2.44 bits per heavy atom. The minimum Gasteiger partial charge on any atom is -0.354 e. The largest absolute Gasteiger partial charge is 0.354 e. The number of aromatic nitrogens is 1. The topological polar surface area (TPSA) is 54.0 Å². The summed E-state index contributed by atoms with van der Waals surface area (Å²) in [6.07, 6.45) is 3.89. The molecule has 0 bridgehead atoms. The molecule has 4 nitrogen and oxygen atoms in total. The summed E-state index contributed by atoms with van der Waals surface area (Å²) in [5, 5.41) is 7.32. The highest BCUT2D eigenvalue weighted by molar-refractivity contribution is 7.11. The van der Waals surface area contributed by atoms with Crippen LogP contribution in [-0.2, 0) is 17.6 Å². The highest BCUT2D eigenvalue weighted by Crippen LogP contribution is 2.18. The molecule has 0 radical (unpaired) electrons. The van der Waals surface area contributed by atoms with Crippen LogP contribution < -0.4 is 10.6 Å². The first-order valence-corrected chi connectivity index (χ1v) is 7.48. The lowest BCUT2D eigenvalue weighted by Gasteiger charge is -2.10. The van der Waals surface area contributed by atoms with Crippen LogP contribution >= 0.6 is 11.3 Å². The quantitative estimate of drug-likeness (QED) is 0.848. The van der Waals surface area contributed by atoms with E-state index in [0.717, 1.165) is 37.2 Å². The van der Waals surface area contributed by atoms with Gasteiger partial charge in [0.2, 0.25) is 5.91 Å². The molecule has 1 atom stereocenters. The van der Waals surface area contributed by atoms with Crippen molar-refractivity contribution in [3.63, 3.8) is 0 Å². The van der Waals surface area contributed by atoms with Crippen LogP contribution in [0.5, 0.6) is 0 Å². The van der Waals surface area contributed by atoms with E-state index in [9.17, 15) is 4.79 Å². The van der Waals surface area contributed by atoms with Crippen molar-refractivity contribution in [3.05, 3.63) is 15.6 Å². The Morgan fingerprint density at radius 3 is 3.06 bits per heavy atom. The lowest BCUT2D eigenvalue weighted by molar-refractivity contribution is -0.122. The van der Waals surface area contributed by atoms with Gasteiger partial charge in [-0.2, -0.15) is 0 Å². The minimum atomic E-state index is 0.0224. The fourth-order valence-corrected chi connectivity index (χ4v) is 3.27. The van der Waals surface area contributed by atoms with E-state index in [1.807, 2.05) is 0 Å². The van der Waals surface area contributed by atoms with Crippen LogP contribution in [0, 0.1) is 6.92 Å². The summed E-state index contributed by atoms with van der Waals surface area (Å²) in [6, 6.07) is 0.0224. The molecule has 0 aliphatic carbocycles. The number of carbonyl (C=O) groups excluding carboxylic acids is 1. The molecule has 1 saturated heterocycles. The number of rotatable bonds is 5. The van der Waals surface area contributed by atoms with Gasteiger partial charge in [0.1, 0.15) is 0 Å². The average Bonchev–Trinajstić information content (AvgIpc) is 2.98. The van der Waals surface area contributed by atoms with Crippen LogP contribution in [-0.4, -0.2) is 30.0 Å². The number of nitrogens with one attached hydrogen (secondary N) is 2. The Hall–Kier alpha value is -0.940. The molecule has 1 aromatic rings. The second kappa shape index (κ2) is 6.29. The molecule has 2 N–H and O–H groups in total. The Bertz CT molecular complexity index is 410. The predicted octanol–water partition coefficient (Wildman–Crippen LogP) is 1.42. The number of hydrogen-bond acceptors (Lipinski definition) is 4. The molecule has 2 rings (SSSR count). The van der Waals surface area contributed by atoms with Crippen molar-refractivity contribution in [2.45, 2.75) is 45.6 Å². The number of nitrogens with zero attached hydrogens (tertiary/aromatic N) is 1.